The number of hydrogen-bond acceptors (Lipinski definition) is 2. The average Bonchev–Trinajstić information content (AvgIpc) is 2.18. The van der Waals surface area contributed by atoms with Crippen molar-refractivity contribution < 1.29 is 14.0 Å². The second-order valence-electron chi connectivity index (χ2n) is 2.78. The van der Waals surface area contributed by atoms with Crippen LogP contribution < -0.4 is 11.1 Å². The first-order chi connectivity index (χ1) is 7.00. The number of carbonyl (C=O) groups excluding carboxylic acids is 2. The molecule has 0 fully saturated rings. The van der Waals surface area contributed by atoms with Crippen LogP contribution >= 0.6 is 15.9 Å². The first-order valence-electron chi connectivity index (χ1n) is 4.02. The van der Waals surface area contributed by atoms with Crippen LogP contribution in [0.3, 0.4) is 0 Å². The summed E-state index contributed by atoms with van der Waals surface area (Å²) in [4.78, 5) is 21.7. The third-order valence-corrected chi connectivity index (χ3v) is 2.21. The molecule has 80 valence electrons. The predicted molar refractivity (Wildman–Crippen MR) is 55.6 cm³/mol. The maximum absolute atomic E-state index is 12.8. The van der Waals surface area contributed by atoms with Crippen LogP contribution in [0.25, 0.3) is 0 Å². The van der Waals surface area contributed by atoms with Gasteiger partial charge in [0.2, 0.25) is 5.91 Å². The molecule has 0 saturated heterocycles. The second kappa shape index (κ2) is 4.88. The number of halogens is 2. The molecule has 0 aliphatic rings. The Morgan fingerprint density at radius 3 is 2.67 bits per heavy atom. The summed E-state index contributed by atoms with van der Waals surface area (Å²) in [6.07, 6.45) is 0. The highest BCUT2D eigenvalue weighted by Crippen LogP contribution is 2.16. The molecule has 0 aliphatic heterocycles. The maximum atomic E-state index is 12.8. The molecule has 0 aliphatic carbocycles. The fourth-order valence-electron chi connectivity index (χ4n) is 0.907. The molecule has 0 bridgehead atoms. The van der Waals surface area contributed by atoms with Crippen molar-refractivity contribution in [1.29, 1.82) is 0 Å². The predicted octanol–water partition coefficient (Wildman–Crippen LogP) is 0.803. The average molecular weight is 275 g/mol. The molecule has 0 heterocycles. The van der Waals surface area contributed by atoms with Crippen molar-refractivity contribution in [1.82, 2.24) is 5.32 Å². The molecule has 2 amide bonds. The fourth-order valence-corrected chi connectivity index (χ4v) is 1.29. The summed E-state index contributed by atoms with van der Waals surface area (Å²) in [5.74, 6) is -1.57. The van der Waals surface area contributed by atoms with E-state index >= 15 is 0 Å². The van der Waals surface area contributed by atoms with E-state index in [1.54, 1.807) is 0 Å². The van der Waals surface area contributed by atoms with Gasteiger partial charge in [0, 0.05) is 5.56 Å². The monoisotopic (exact) mass is 274 g/mol. The zero-order valence-electron chi connectivity index (χ0n) is 7.59. The van der Waals surface area contributed by atoms with Crippen molar-refractivity contribution in [2.45, 2.75) is 0 Å². The van der Waals surface area contributed by atoms with Gasteiger partial charge in [0.25, 0.3) is 5.91 Å². The first-order valence-corrected chi connectivity index (χ1v) is 4.81. The summed E-state index contributed by atoms with van der Waals surface area (Å²) >= 11 is 2.95. The first kappa shape index (κ1) is 11.6. The van der Waals surface area contributed by atoms with Gasteiger partial charge in [-0.2, -0.15) is 0 Å². The van der Waals surface area contributed by atoms with Crippen molar-refractivity contribution in [3.63, 3.8) is 0 Å². The van der Waals surface area contributed by atoms with E-state index in [2.05, 4.69) is 21.2 Å². The summed E-state index contributed by atoms with van der Waals surface area (Å²) in [7, 11) is 0. The van der Waals surface area contributed by atoms with E-state index in [0.717, 1.165) is 6.07 Å². The highest BCUT2D eigenvalue weighted by Gasteiger charge is 2.08. The number of benzene rings is 1. The minimum Gasteiger partial charge on any atom is -0.368 e. The number of carbonyl (C=O) groups is 2. The largest absolute Gasteiger partial charge is 0.368 e. The summed E-state index contributed by atoms with van der Waals surface area (Å²) in [5, 5.41) is 2.29. The van der Waals surface area contributed by atoms with Gasteiger partial charge in [-0.25, -0.2) is 4.39 Å². The molecule has 1 aromatic carbocycles. The molecule has 15 heavy (non-hydrogen) atoms. The molecule has 3 N–H and O–H groups in total. The Labute approximate surface area is 93.8 Å². The Balaban J connectivity index is 2.74. The lowest BCUT2D eigenvalue weighted by Crippen LogP contribution is -2.33. The van der Waals surface area contributed by atoms with Crippen molar-refractivity contribution >= 4 is 27.7 Å². The zero-order valence-corrected chi connectivity index (χ0v) is 9.17. The minimum atomic E-state index is -0.635. The van der Waals surface area contributed by atoms with Crippen LogP contribution in [0.4, 0.5) is 4.39 Å². The molecule has 0 atom stereocenters. The Kier molecular flexibility index (Phi) is 3.79. The molecular formula is C9H8BrFN2O2. The van der Waals surface area contributed by atoms with Gasteiger partial charge in [0.05, 0.1) is 11.0 Å². The highest BCUT2D eigenvalue weighted by molar-refractivity contribution is 9.10. The molecule has 1 aromatic rings. The SMILES string of the molecule is NC(=O)CNC(=O)c1ccc(F)c(Br)c1. The van der Waals surface area contributed by atoms with Crippen LogP contribution in [-0.2, 0) is 4.79 Å². The molecular weight excluding hydrogens is 267 g/mol. The van der Waals surface area contributed by atoms with Gasteiger partial charge < -0.3 is 11.1 Å². The van der Waals surface area contributed by atoms with Crippen molar-refractivity contribution in [3.8, 4) is 0 Å². The Hall–Kier alpha value is -1.43. The van der Waals surface area contributed by atoms with Crippen molar-refractivity contribution in [3.05, 3.63) is 34.1 Å². The van der Waals surface area contributed by atoms with E-state index in [-0.39, 0.29) is 16.6 Å². The molecule has 6 heteroatoms. The number of nitrogens with one attached hydrogen (secondary N) is 1. The van der Waals surface area contributed by atoms with Gasteiger partial charge in [-0.3, -0.25) is 9.59 Å². The van der Waals surface area contributed by atoms with Crippen LogP contribution in [-0.4, -0.2) is 18.4 Å². The van der Waals surface area contributed by atoms with E-state index in [0.29, 0.717) is 0 Å². The van der Waals surface area contributed by atoms with E-state index in [9.17, 15) is 14.0 Å². The third kappa shape index (κ3) is 3.32. The minimum absolute atomic E-state index is 0.189. The molecule has 0 aromatic heterocycles. The summed E-state index contributed by atoms with van der Waals surface area (Å²) in [5.41, 5.74) is 5.10. The third-order valence-electron chi connectivity index (χ3n) is 1.60. The lowest BCUT2D eigenvalue weighted by Gasteiger charge is -2.03. The molecule has 4 nitrogen and oxygen atoms in total. The van der Waals surface area contributed by atoms with Gasteiger partial charge in [-0.1, -0.05) is 0 Å². The van der Waals surface area contributed by atoms with Gasteiger partial charge in [-0.15, -0.1) is 0 Å². The Bertz CT molecular complexity index is 409. The zero-order chi connectivity index (χ0) is 11.4. The molecule has 1 rings (SSSR count). The maximum Gasteiger partial charge on any atom is 0.251 e. The van der Waals surface area contributed by atoms with Crippen LogP contribution in [0.5, 0.6) is 0 Å². The van der Waals surface area contributed by atoms with Gasteiger partial charge in [-0.05, 0) is 34.1 Å². The topological polar surface area (TPSA) is 72.2 Å². The van der Waals surface area contributed by atoms with E-state index in [1.807, 2.05) is 0 Å². The summed E-state index contributed by atoms with van der Waals surface area (Å²) in [6.45, 7) is -0.242. The normalized spacial score (nSPS) is 9.73. The van der Waals surface area contributed by atoms with E-state index in [4.69, 9.17) is 5.73 Å². The second-order valence-corrected chi connectivity index (χ2v) is 3.63. The lowest BCUT2D eigenvalue weighted by molar-refractivity contribution is -0.117. The number of nitrogens with two attached hydrogens (primary N) is 1. The molecule has 0 unspecified atom stereocenters. The number of hydrogen-bond donors (Lipinski definition) is 2. The van der Waals surface area contributed by atoms with Gasteiger partial charge in [0.1, 0.15) is 5.82 Å². The van der Waals surface area contributed by atoms with Crippen LogP contribution in [0, 0.1) is 5.82 Å². The molecule has 0 spiro atoms. The van der Waals surface area contributed by atoms with Gasteiger partial charge >= 0.3 is 0 Å². The summed E-state index contributed by atoms with van der Waals surface area (Å²) in [6, 6.07) is 3.80. The summed E-state index contributed by atoms with van der Waals surface area (Å²) < 4.78 is 13.0. The highest BCUT2D eigenvalue weighted by atomic mass is 79.9. The fraction of sp³-hybridized carbons (Fsp3) is 0.111. The van der Waals surface area contributed by atoms with Gasteiger partial charge in [0.15, 0.2) is 0 Å². The Morgan fingerprint density at radius 1 is 1.47 bits per heavy atom. The van der Waals surface area contributed by atoms with Crippen LogP contribution in [0.2, 0.25) is 0 Å². The molecule has 0 saturated carbocycles. The number of primary amides is 1. The van der Waals surface area contributed by atoms with Crippen LogP contribution in [0.15, 0.2) is 22.7 Å². The van der Waals surface area contributed by atoms with Crippen molar-refractivity contribution in [2.24, 2.45) is 5.73 Å². The Morgan fingerprint density at radius 2 is 2.13 bits per heavy atom. The van der Waals surface area contributed by atoms with Crippen LogP contribution in [0.1, 0.15) is 10.4 Å². The number of amides is 2. The van der Waals surface area contributed by atoms with Crippen molar-refractivity contribution in [2.75, 3.05) is 6.54 Å². The van der Waals surface area contributed by atoms with E-state index in [1.165, 1.54) is 12.1 Å². The number of rotatable bonds is 3. The van der Waals surface area contributed by atoms with E-state index < -0.39 is 17.6 Å². The smallest absolute Gasteiger partial charge is 0.251 e. The standard InChI is InChI=1S/C9H8BrFN2O2/c10-6-3-5(1-2-7(6)11)9(15)13-4-8(12)14/h1-3H,4H2,(H2,12,14)(H,13,15). The quantitative estimate of drug-likeness (QED) is 0.856. The lowest BCUT2D eigenvalue weighted by atomic mass is 10.2. The molecule has 0 radical (unpaired) electrons.